The number of nitrogens with one attached hydrogen (secondary N) is 1. The van der Waals surface area contributed by atoms with Crippen molar-refractivity contribution in [1.82, 2.24) is 0 Å². The maximum atomic E-state index is 12.1. The summed E-state index contributed by atoms with van der Waals surface area (Å²) in [5, 5.41) is 3.33. The van der Waals surface area contributed by atoms with Gasteiger partial charge < -0.3 is 5.32 Å². The van der Waals surface area contributed by atoms with Gasteiger partial charge in [-0.15, -0.1) is 0 Å². The third kappa shape index (κ3) is 3.05. The molecule has 18 heavy (non-hydrogen) atoms. The van der Waals surface area contributed by atoms with Crippen molar-refractivity contribution in [2.24, 2.45) is 0 Å². The molecular weight excluding hydrogens is 337 g/mol. The van der Waals surface area contributed by atoms with E-state index in [4.69, 9.17) is 23.2 Å². The van der Waals surface area contributed by atoms with Gasteiger partial charge in [-0.2, -0.15) is 0 Å². The second-order valence-electron chi connectivity index (χ2n) is 3.57. The topological polar surface area (TPSA) is 29.1 Å². The van der Waals surface area contributed by atoms with Crippen LogP contribution in [0.1, 0.15) is 10.4 Å². The summed E-state index contributed by atoms with van der Waals surface area (Å²) < 4.78 is 0.704. The molecule has 0 aromatic heterocycles. The summed E-state index contributed by atoms with van der Waals surface area (Å²) >= 11 is 15.2. The molecule has 0 radical (unpaired) electrons. The average Bonchev–Trinajstić information content (AvgIpc) is 2.35. The molecule has 92 valence electrons. The summed E-state index contributed by atoms with van der Waals surface area (Å²) in [6, 6.07) is 12.4. The van der Waals surface area contributed by atoms with Gasteiger partial charge in [-0.25, -0.2) is 0 Å². The molecule has 0 saturated heterocycles. The van der Waals surface area contributed by atoms with Crippen molar-refractivity contribution >= 4 is 50.7 Å². The van der Waals surface area contributed by atoms with E-state index in [1.54, 1.807) is 24.3 Å². The number of amides is 1. The van der Waals surface area contributed by atoms with Crippen LogP contribution in [0.15, 0.2) is 46.9 Å². The first-order chi connectivity index (χ1) is 8.58. The average molecular weight is 345 g/mol. The molecule has 0 saturated carbocycles. The molecule has 0 aliphatic carbocycles. The minimum atomic E-state index is -0.297. The smallest absolute Gasteiger partial charge is 0.257 e. The molecule has 2 rings (SSSR count). The highest BCUT2D eigenvalue weighted by molar-refractivity contribution is 9.10. The van der Waals surface area contributed by atoms with E-state index in [2.05, 4.69) is 21.2 Å². The van der Waals surface area contributed by atoms with Crippen LogP contribution < -0.4 is 5.32 Å². The Kier molecular flexibility index (Phi) is 4.27. The summed E-state index contributed by atoms with van der Waals surface area (Å²) in [5.74, 6) is -0.297. The Morgan fingerprint density at radius 2 is 1.78 bits per heavy atom. The first kappa shape index (κ1) is 13.4. The fourth-order valence-electron chi connectivity index (χ4n) is 1.44. The fourth-order valence-corrected chi connectivity index (χ4v) is 2.45. The summed E-state index contributed by atoms with van der Waals surface area (Å²) in [6.45, 7) is 0. The molecule has 0 unspecified atom stereocenters. The quantitative estimate of drug-likeness (QED) is 0.762. The van der Waals surface area contributed by atoms with E-state index in [0.29, 0.717) is 20.7 Å². The lowest BCUT2D eigenvalue weighted by Gasteiger charge is -2.08. The minimum absolute atomic E-state index is 0.244. The van der Waals surface area contributed by atoms with Crippen molar-refractivity contribution in [2.45, 2.75) is 0 Å². The SMILES string of the molecule is O=C(Nc1ccccc1)c1cc(Br)cc(Cl)c1Cl. The molecule has 2 aromatic carbocycles. The molecule has 0 heterocycles. The van der Waals surface area contributed by atoms with Gasteiger partial charge in [0.05, 0.1) is 15.6 Å². The molecule has 0 fully saturated rings. The van der Waals surface area contributed by atoms with Crippen molar-refractivity contribution in [1.29, 1.82) is 0 Å². The summed E-state index contributed by atoms with van der Waals surface area (Å²) in [7, 11) is 0. The molecule has 0 spiro atoms. The van der Waals surface area contributed by atoms with Crippen molar-refractivity contribution in [3.05, 3.63) is 62.5 Å². The first-order valence-electron chi connectivity index (χ1n) is 5.09. The lowest BCUT2D eigenvalue weighted by Crippen LogP contribution is -2.12. The van der Waals surface area contributed by atoms with Crippen LogP contribution in [-0.4, -0.2) is 5.91 Å². The van der Waals surface area contributed by atoms with Crippen LogP contribution in [0.25, 0.3) is 0 Å². The Hall–Kier alpha value is -1.03. The highest BCUT2D eigenvalue weighted by Crippen LogP contribution is 2.30. The number of benzene rings is 2. The summed E-state index contributed by atoms with van der Waals surface area (Å²) in [5.41, 5.74) is 1.04. The van der Waals surface area contributed by atoms with Crippen LogP contribution in [-0.2, 0) is 0 Å². The number of carbonyl (C=O) groups excluding carboxylic acids is 1. The molecule has 5 heteroatoms. The van der Waals surface area contributed by atoms with Crippen LogP contribution in [0.3, 0.4) is 0 Å². The lowest BCUT2D eigenvalue weighted by molar-refractivity contribution is 0.102. The van der Waals surface area contributed by atoms with E-state index in [-0.39, 0.29) is 10.9 Å². The Balaban J connectivity index is 2.30. The fraction of sp³-hybridized carbons (Fsp3) is 0. The largest absolute Gasteiger partial charge is 0.322 e. The number of anilines is 1. The molecule has 2 aromatic rings. The molecule has 0 aliphatic heterocycles. The van der Waals surface area contributed by atoms with Gasteiger partial charge in [0.1, 0.15) is 0 Å². The number of rotatable bonds is 2. The van der Waals surface area contributed by atoms with Crippen LogP contribution in [0.4, 0.5) is 5.69 Å². The summed E-state index contributed by atoms with van der Waals surface area (Å²) in [6.07, 6.45) is 0. The predicted molar refractivity (Wildman–Crippen MR) is 78.6 cm³/mol. The number of para-hydroxylation sites is 1. The van der Waals surface area contributed by atoms with Gasteiger partial charge in [0.2, 0.25) is 0 Å². The maximum absolute atomic E-state index is 12.1. The van der Waals surface area contributed by atoms with Gasteiger partial charge in [-0.05, 0) is 24.3 Å². The van der Waals surface area contributed by atoms with Crippen molar-refractivity contribution in [2.75, 3.05) is 5.32 Å². The second kappa shape index (κ2) is 5.74. The van der Waals surface area contributed by atoms with Crippen LogP contribution in [0.5, 0.6) is 0 Å². The van der Waals surface area contributed by atoms with Gasteiger partial charge in [0, 0.05) is 10.2 Å². The van der Waals surface area contributed by atoms with Gasteiger partial charge in [0.25, 0.3) is 5.91 Å². The molecule has 1 amide bonds. The lowest BCUT2D eigenvalue weighted by atomic mass is 10.2. The first-order valence-corrected chi connectivity index (χ1v) is 6.64. The number of hydrogen-bond acceptors (Lipinski definition) is 1. The Morgan fingerprint density at radius 3 is 2.44 bits per heavy atom. The van der Waals surface area contributed by atoms with E-state index in [0.717, 1.165) is 0 Å². The normalized spacial score (nSPS) is 10.2. The Morgan fingerprint density at radius 1 is 1.11 bits per heavy atom. The zero-order valence-corrected chi connectivity index (χ0v) is 12.2. The van der Waals surface area contributed by atoms with E-state index in [1.165, 1.54) is 0 Å². The zero-order valence-electron chi connectivity index (χ0n) is 9.08. The predicted octanol–water partition coefficient (Wildman–Crippen LogP) is 5.01. The Labute approximate surface area is 123 Å². The standard InChI is InChI=1S/C13H8BrCl2NO/c14-8-6-10(12(16)11(15)7-8)13(18)17-9-4-2-1-3-5-9/h1-7H,(H,17,18). The van der Waals surface area contributed by atoms with E-state index < -0.39 is 0 Å². The van der Waals surface area contributed by atoms with Crippen molar-refractivity contribution < 1.29 is 4.79 Å². The van der Waals surface area contributed by atoms with Crippen LogP contribution in [0, 0.1) is 0 Å². The maximum Gasteiger partial charge on any atom is 0.257 e. The highest BCUT2D eigenvalue weighted by Gasteiger charge is 2.14. The van der Waals surface area contributed by atoms with Gasteiger partial charge in [-0.1, -0.05) is 57.3 Å². The molecular formula is C13H8BrCl2NO. The second-order valence-corrected chi connectivity index (χ2v) is 5.27. The van der Waals surface area contributed by atoms with Crippen molar-refractivity contribution in [3.63, 3.8) is 0 Å². The molecule has 1 N–H and O–H groups in total. The minimum Gasteiger partial charge on any atom is -0.322 e. The van der Waals surface area contributed by atoms with E-state index >= 15 is 0 Å². The number of hydrogen-bond donors (Lipinski definition) is 1. The Bertz CT molecular complexity index is 587. The van der Waals surface area contributed by atoms with Crippen LogP contribution in [0.2, 0.25) is 10.0 Å². The molecule has 0 atom stereocenters. The van der Waals surface area contributed by atoms with E-state index in [9.17, 15) is 4.79 Å². The highest BCUT2D eigenvalue weighted by atomic mass is 79.9. The summed E-state index contributed by atoms with van der Waals surface area (Å²) in [4.78, 5) is 12.1. The number of carbonyl (C=O) groups is 1. The third-order valence-electron chi connectivity index (χ3n) is 2.27. The monoisotopic (exact) mass is 343 g/mol. The third-order valence-corrected chi connectivity index (χ3v) is 3.53. The van der Waals surface area contributed by atoms with E-state index in [1.807, 2.05) is 18.2 Å². The van der Waals surface area contributed by atoms with Gasteiger partial charge in [-0.3, -0.25) is 4.79 Å². The zero-order chi connectivity index (χ0) is 13.1. The molecule has 0 aliphatic rings. The van der Waals surface area contributed by atoms with Crippen molar-refractivity contribution in [3.8, 4) is 0 Å². The number of halogens is 3. The van der Waals surface area contributed by atoms with Gasteiger partial charge in [0.15, 0.2) is 0 Å². The molecule has 2 nitrogen and oxygen atoms in total. The molecule has 0 bridgehead atoms. The van der Waals surface area contributed by atoms with Gasteiger partial charge >= 0.3 is 0 Å². The van der Waals surface area contributed by atoms with Crippen LogP contribution >= 0.6 is 39.1 Å².